The molecule has 54 valence electrons. The molecule has 0 bridgehead atoms. The zero-order chi connectivity index (χ0) is 6.97. The quantitative estimate of drug-likeness (QED) is 0.579. The van der Waals surface area contributed by atoms with Gasteiger partial charge in [-0.2, -0.15) is 5.10 Å². The third-order valence-electron chi connectivity index (χ3n) is 1.55. The third-order valence-corrected chi connectivity index (χ3v) is 1.55. The van der Waals surface area contributed by atoms with Crippen molar-refractivity contribution in [3.8, 4) is 5.88 Å². The van der Waals surface area contributed by atoms with Crippen molar-refractivity contribution < 1.29 is 9.84 Å². The van der Waals surface area contributed by atoms with Crippen LogP contribution < -0.4 is 4.74 Å². The zero-order valence-corrected chi connectivity index (χ0v) is 5.40. The van der Waals surface area contributed by atoms with Gasteiger partial charge in [-0.3, -0.25) is 0 Å². The van der Waals surface area contributed by atoms with Crippen molar-refractivity contribution in [3.05, 3.63) is 12.3 Å². The first-order valence-electron chi connectivity index (χ1n) is 3.19. The lowest BCUT2D eigenvalue weighted by molar-refractivity contribution is 0.132. The highest BCUT2D eigenvalue weighted by atomic mass is 16.5. The first-order valence-corrected chi connectivity index (χ1v) is 3.19. The van der Waals surface area contributed by atoms with Gasteiger partial charge >= 0.3 is 0 Å². The second kappa shape index (κ2) is 1.98. The third kappa shape index (κ3) is 0.690. The Morgan fingerprint density at radius 3 is 3.50 bits per heavy atom. The normalized spacial score (nSPS) is 22.3. The Labute approximate surface area is 58.0 Å². The average Bonchev–Trinajstić information content (AvgIpc) is 2.42. The van der Waals surface area contributed by atoms with Crippen LogP contribution in [0.2, 0.25) is 0 Å². The Morgan fingerprint density at radius 2 is 2.80 bits per heavy atom. The van der Waals surface area contributed by atoms with Crippen LogP contribution in [0.1, 0.15) is 0 Å². The zero-order valence-electron chi connectivity index (χ0n) is 5.40. The Kier molecular flexibility index (Phi) is 1.14. The summed E-state index contributed by atoms with van der Waals surface area (Å²) in [4.78, 5) is 0. The van der Waals surface area contributed by atoms with Crippen molar-refractivity contribution in [2.75, 3.05) is 6.61 Å². The molecular formula is C6H8N2O2. The number of hydrogen-bond acceptors (Lipinski definition) is 3. The van der Waals surface area contributed by atoms with Crippen molar-refractivity contribution in [2.24, 2.45) is 0 Å². The lowest BCUT2D eigenvalue weighted by atomic mass is 10.4. The molecule has 1 unspecified atom stereocenters. The molecule has 0 fully saturated rings. The molecule has 0 saturated carbocycles. The van der Waals surface area contributed by atoms with Gasteiger partial charge in [0.2, 0.25) is 5.88 Å². The van der Waals surface area contributed by atoms with Crippen LogP contribution in [-0.4, -0.2) is 27.6 Å². The van der Waals surface area contributed by atoms with Gasteiger partial charge in [-0.15, -0.1) is 0 Å². The van der Waals surface area contributed by atoms with Gasteiger partial charge < -0.3 is 9.84 Å². The smallest absolute Gasteiger partial charge is 0.212 e. The molecule has 4 heteroatoms. The highest BCUT2D eigenvalue weighted by Gasteiger charge is 2.21. The number of ether oxygens (including phenoxy) is 1. The van der Waals surface area contributed by atoms with Crippen LogP contribution >= 0.6 is 0 Å². The Balaban J connectivity index is 2.21. The summed E-state index contributed by atoms with van der Waals surface area (Å²) in [6, 6.07) is 1.79. The number of rotatable bonds is 1. The van der Waals surface area contributed by atoms with E-state index in [-0.39, 0.29) is 12.7 Å². The molecule has 2 heterocycles. The van der Waals surface area contributed by atoms with E-state index in [1.165, 1.54) is 0 Å². The van der Waals surface area contributed by atoms with Gasteiger partial charge in [-0.25, -0.2) is 4.68 Å². The second-order valence-corrected chi connectivity index (χ2v) is 2.27. The van der Waals surface area contributed by atoms with Gasteiger partial charge in [0.25, 0.3) is 0 Å². The average molecular weight is 140 g/mol. The number of aromatic nitrogens is 2. The number of fused-ring (bicyclic) bond motifs is 1. The molecule has 4 nitrogen and oxygen atoms in total. The van der Waals surface area contributed by atoms with Crippen molar-refractivity contribution in [3.63, 3.8) is 0 Å². The van der Waals surface area contributed by atoms with E-state index in [0.29, 0.717) is 6.54 Å². The van der Waals surface area contributed by atoms with Crippen molar-refractivity contribution in [1.82, 2.24) is 9.78 Å². The maximum atomic E-state index is 8.69. The van der Waals surface area contributed by atoms with Crippen molar-refractivity contribution in [1.29, 1.82) is 0 Å². The molecule has 0 saturated heterocycles. The van der Waals surface area contributed by atoms with E-state index in [0.717, 1.165) is 5.88 Å². The van der Waals surface area contributed by atoms with E-state index in [4.69, 9.17) is 9.84 Å². The van der Waals surface area contributed by atoms with E-state index in [1.54, 1.807) is 16.9 Å². The standard InChI is InChI=1S/C6H8N2O2/c9-4-5-3-8-6(10-5)1-2-7-8/h1-2,5,9H,3-4H2. The summed E-state index contributed by atoms with van der Waals surface area (Å²) < 4.78 is 6.98. The van der Waals surface area contributed by atoms with Crippen LogP contribution in [-0.2, 0) is 6.54 Å². The van der Waals surface area contributed by atoms with E-state index < -0.39 is 0 Å². The van der Waals surface area contributed by atoms with Crippen molar-refractivity contribution >= 4 is 0 Å². The minimum atomic E-state index is -0.0938. The van der Waals surface area contributed by atoms with Gasteiger partial charge in [-0.05, 0) is 0 Å². The molecular weight excluding hydrogens is 132 g/mol. The van der Waals surface area contributed by atoms with Gasteiger partial charge in [-0.1, -0.05) is 0 Å². The van der Waals surface area contributed by atoms with Crippen LogP contribution in [0.4, 0.5) is 0 Å². The molecule has 0 amide bonds. The molecule has 10 heavy (non-hydrogen) atoms. The molecule has 1 aromatic heterocycles. The molecule has 1 atom stereocenters. The summed E-state index contributed by atoms with van der Waals surface area (Å²) in [6.07, 6.45) is 1.59. The number of aliphatic hydroxyl groups excluding tert-OH is 1. The predicted molar refractivity (Wildman–Crippen MR) is 33.7 cm³/mol. The highest BCUT2D eigenvalue weighted by molar-refractivity contribution is 5.11. The Morgan fingerprint density at radius 1 is 1.90 bits per heavy atom. The first kappa shape index (κ1) is 5.73. The van der Waals surface area contributed by atoms with Gasteiger partial charge in [0.1, 0.15) is 6.10 Å². The second-order valence-electron chi connectivity index (χ2n) is 2.27. The molecule has 0 radical (unpaired) electrons. The van der Waals surface area contributed by atoms with E-state index in [9.17, 15) is 0 Å². The Hall–Kier alpha value is -1.03. The first-order chi connectivity index (χ1) is 4.90. The largest absolute Gasteiger partial charge is 0.470 e. The van der Waals surface area contributed by atoms with Crippen LogP contribution in [0.25, 0.3) is 0 Å². The summed E-state index contributed by atoms with van der Waals surface area (Å²) >= 11 is 0. The van der Waals surface area contributed by atoms with Crippen LogP contribution in [0.3, 0.4) is 0 Å². The fraction of sp³-hybridized carbons (Fsp3) is 0.500. The summed E-state index contributed by atoms with van der Waals surface area (Å²) in [5, 5.41) is 12.7. The molecule has 1 aromatic rings. The fourth-order valence-electron chi connectivity index (χ4n) is 1.05. The van der Waals surface area contributed by atoms with E-state index in [2.05, 4.69) is 5.10 Å². The van der Waals surface area contributed by atoms with E-state index in [1.807, 2.05) is 0 Å². The van der Waals surface area contributed by atoms with E-state index >= 15 is 0 Å². The minimum absolute atomic E-state index is 0.0589. The fourth-order valence-corrected chi connectivity index (χ4v) is 1.05. The highest BCUT2D eigenvalue weighted by Crippen LogP contribution is 2.18. The summed E-state index contributed by atoms with van der Waals surface area (Å²) in [7, 11) is 0. The summed E-state index contributed by atoms with van der Waals surface area (Å²) in [5.41, 5.74) is 0. The summed E-state index contributed by atoms with van der Waals surface area (Å²) in [6.45, 7) is 0.724. The topological polar surface area (TPSA) is 47.3 Å². The molecule has 1 aliphatic heterocycles. The minimum Gasteiger partial charge on any atom is -0.470 e. The van der Waals surface area contributed by atoms with Gasteiger partial charge in [0.05, 0.1) is 19.3 Å². The lowest BCUT2D eigenvalue weighted by Crippen LogP contribution is -2.19. The molecule has 0 spiro atoms. The van der Waals surface area contributed by atoms with Crippen LogP contribution in [0, 0.1) is 0 Å². The van der Waals surface area contributed by atoms with Crippen LogP contribution in [0.15, 0.2) is 12.3 Å². The monoisotopic (exact) mass is 140 g/mol. The van der Waals surface area contributed by atoms with Crippen LogP contribution in [0.5, 0.6) is 5.88 Å². The molecule has 1 aliphatic rings. The Bertz CT molecular complexity index is 213. The number of hydrogen-bond donors (Lipinski definition) is 1. The molecule has 0 aromatic carbocycles. The van der Waals surface area contributed by atoms with Crippen molar-refractivity contribution in [2.45, 2.75) is 12.6 Å². The maximum absolute atomic E-state index is 8.69. The number of aliphatic hydroxyl groups is 1. The van der Waals surface area contributed by atoms with Gasteiger partial charge in [0, 0.05) is 6.07 Å². The number of nitrogens with zero attached hydrogens (tertiary/aromatic N) is 2. The molecule has 0 aliphatic carbocycles. The SMILES string of the molecule is OCC1Cn2nccc2O1. The molecule has 2 rings (SSSR count). The molecule has 1 N–H and O–H groups in total. The predicted octanol–water partition coefficient (Wildman–Crippen LogP) is -0.364. The summed E-state index contributed by atoms with van der Waals surface area (Å²) in [5.74, 6) is 0.749. The van der Waals surface area contributed by atoms with Gasteiger partial charge in [0.15, 0.2) is 0 Å². The lowest BCUT2D eigenvalue weighted by Gasteiger charge is -2.02. The maximum Gasteiger partial charge on any atom is 0.212 e.